The summed E-state index contributed by atoms with van der Waals surface area (Å²) in [4.78, 5) is 24.1. The number of carbonyl (C=O) groups is 2. The summed E-state index contributed by atoms with van der Waals surface area (Å²) in [6, 6.07) is 21.5. The topological polar surface area (TPSA) is 124 Å². The summed E-state index contributed by atoms with van der Waals surface area (Å²) in [5.41, 5.74) is 10.4. The number of anilines is 1. The lowest BCUT2D eigenvalue weighted by Crippen LogP contribution is -2.25. The van der Waals surface area contributed by atoms with E-state index < -0.39 is 12.1 Å². The van der Waals surface area contributed by atoms with Crippen molar-refractivity contribution in [3.8, 4) is 0 Å². The molecule has 40 heavy (non-hydrogen) atoms. The molecule has 1 aromatic heterocycles. The first-order valence-corrected chi connectivity index (χ1v) is 11.8. The maximum Gasteiger partial charge on any atom is 0.490 e. The highest BCUT2D eigenvalue weighted by Gasteiger charge is 2.38. The van der Waals surface area contributed by atoms with E-state index in [1.165, 1.54) is 12.1 Å². The van der Waals surface area contributed by atoms with Gasteiger partial charge in [-0.15, -0.1) is 0 Å². The van der Waals surface area contributed by atoms with E-state index >= 15 is 0 Å². The van der Waals surface area contributed by atoms with Gasteiger partial charge < -0.3 is 25.6 Å². The number of carbonyl (C=O) groups excluding carboxylic acids is 1. The number of nitrogen functional groups attached to an aromatic ring is 1. The van der Waals surface area contributed by atoms with Crippen molar-refractivity contribution in [3.63, 3.8) is 0 Å². The van der Waals surface area contributed by atoms with Crippen LogP contribution in [0.15, 0.2) is 72.8 Å². The van der Waals surface area contributed by atoms with Gasteiger partial charge in [0.1, 0.15) is 17.3 Å². The second kappa shape index (κ2) is 12.3. The molecule has 0 aliphatic carbocycles. The van der Waals surface area contributed by atoms with Crippen molar-refractivity contribution in [2.75, 3.05) is 19.0 Å². The van der Waals surface area contributed by atoms with Crippen LogP contribution in [0, 0.1) is 11.2 Å². The number of halogens is 4. The molecular formula is C28H27F4N5O3. The number of aromatic nitrogens is 1. The molecule has 0 bridgehead atoms. The molecule has 4 aromatic rings. The third-order valence-corrected chi connectivity index (χ3v) is 5.82. The van der Waals surface area contributed by atoms with Gasteiger partial charge in [-0.05, 0) is 53.6 Å². The van der Waals surface area contributed by atoms with Gasteiger partial charge >= 0.3 is 12.1 Å². The molecule has 12 heteroatoms. The number of hydrogen-bond acceptors (Lipinski definition) is 4. The molecule has 1 heterocycles. The van der Waals surface area contributed by atoms with Gasteiger partial charge in [-0.25, -0.2) is 9.18 Å². The molecule has 0 unspecified atom stereocenters. The van der Waals surface area contributed by atoms with Crippen LogP contribution in [-0.4, -0.2) is 47.7 Å². The number of hydrogen-bond donors (Lipinski definition) is 4. The fourth-order valence-electron chi connectivity index (χ4n) is 3.80. The third kappa shape index (κ3) is 7.59. The van der Waals surface area contributed by atoms with E-state index in [9.17, 15) is 22.4 Å². The number of nitrogens with zero attached hydrogens (tertiary/aromatic N) is 2. The van der Waals surface area contributed by atoms with Crippen molar-refractivity contribution < 1.29 is 32.3 Å². The predicted molar refractivity (Wildman–Crippen MR) is 144 cm³/mol. The number of nitrogens with one attached hydrogen (secondary N) is 2. The molecule has 0 spiro atoms. The van der Waals surface area contributed by atoms with Gasteiger partial charge in [-0.2, -0.15) is 13.2 Å². The third-order valence-electron chi connectivity index (χ3n) is 5.82. The molecule has 0 aliphatic heterocycles. The first-order valence-electron chi connectivity index (χ1n) is 11.8. The lowest BCUT2D eigenvalue weighted by atomic mass is 10.1. The number of amidine groups is 1. The Kier molecular flexibility index (Phi) is 9.15. The minimum absolute atomic E-state index is 0.0189. The number of aliphatic carboxylic acids is 1. The Morgan fingerprint density at radius 3 is 2.23 bits per heavy atom. The summed E-state index contributed by atoms with van der Waals surface area (Å²) in [5, 5.41) is 18.4. The maximum absolute atomic E-state index is 13.9. The monoisotopic (exact) mass is 557 g/mol. The number of benzene rings is 3. The largest absolute Gasteiger partial charge is 0.490 e. The molecule has 5 N–H and O–H groups in total. The predicted octanol–water partition coefficient (Wildman–Crippen LogP) is 4.74. The van der Waals surface area contributed by atoms with Gasteiger partial charge in [-0.1, -0.05) is 30.3 Å². The maximum atomic E-state index is 13.9. The van der Waals surface area contributed by atoms with Crippen LogP contribution < -0.4 is 16.0 Å². The molecule has 0 saturated carbocycles. The molecule has 4 rings (SSSR count). The smallest absolute Gasteiger partial charge is 0.475 e. The van der Waals surface area contributed by atoms with E-state index in [1.807, 2.05) is 66.0 Å². The summed E-state index contributed by atoms with van der Waals surface area (Å²) in [5.74, 6) is -3.38. The average Bonchev–Trinajstić information content (AvgIpc) is 3.24. The molecule has 210 valence electrons. The number of carboxylic acid groups (broad SMARTS) is 1. The molecule has 0 fully saturated rings. The van der Waals surface area contributed by atoms with Gasteiger partial charge in [0.25, 0.3) is 5.91 Å². The first kappa shape index (κ1) is 29.7. The van der Waals surface area contributed by atoms with Crippen LogP contribution in [0.3, 0.4) is 0 Å². The number of carboxylic acids is 1. The van der Waals surface area contributed by atoms with Crippen molar-refractivity contribution in [1.29, 1.82) is 5.41 Å². The van der Waals surface area contributed by atoms with Crippen LogP contribution >= 0.6 is 0 Å². The van der Waals surface area contributed by atoms with Crippen molar-refractivity contribution >= 4 is 34.3 Å². The number of nitrogens with two attached hydrogens (primary N) is 1. The molecular weight excluding hydrogens is 530 g/mol. The van der Waals surface area contributed by atoms with Crippen LogP contribution in [0.25, 0.3) is 10.9 Å². The van der Waals surface area contributed by atoms with Gasteiger partial charge in [0.05, 0.1) is 0 Å². The Morgan fingerprint density at radius 2 is 1.65 bits per heavy atom. The van der Waals surface area contributed by atoms with Gasteiger partial charge in [0, 0.05) is 49.3 Å². The second-order valence-electron chi connectivity index (χ2n) is 8.98. The van der Waals surface area contributed by atoms with Crippen molar-refractivity contribution in [2.45, 2.75) is 19.3 Å². The van der Waals surface area contributed by atoms with Crippen LogP contribution in [0.1, 0.15) is 27.2 Å². The summed E-state index contributed by atoms with van der Waals surface area (Å²) in [6.07, 6.45) is -5.08. The Bertz CT molecular complexity index is 1530. The van der Waals surface area contributed by atoms with Gasteiger partial charge in [0.2, 0.25) is 0 Å². The fraction of sp³-hybridized carbons (Fsp3) is 0.179. The summed E-state index contributed by atoms with van der Waals surface area (Å²) >= 11 is 0. The zero-order valence-corrected chi connectivity index (χ0v) is 21.6. The number of amides is 1. The normalized spacial score (nSPS) is 10.9. The van der Waals surface area contributed by atoms with Gasteiger partial charge in [-0.3, -0.25) is 10.2 Å². The Hall–Kier alpha value is -4.87. The minimum Gasteiger partial charge on any atom is -0.475 e. The average molecular weight is 558 g/mol. The zero-order chi connectivity index (χ0) is 29.6. The number of fused-ring (bicyclic) bond motifs is 1. The van der Waals surface area contributed by atoms with Crippen molar-refractivity contribution in [3.05, 3.63) is 101 Å². The minimum atomic E-state index is -5.08. The van der Waals surface area contributed by atoms with Crippen LogP contribution in [0.4, 0.5) is 23.2 Å². The van der Waals surface area contributed by atoms with Crippen molar-refractivity contribution in [2.24, 2.45) is 5.73 Å². The Labute approximate surface area is 227 Å². The van der Waals surface area contributed by atoms with Crippen molar-refractivity contribution in [1.82, 2.24) is 9.88 Å². The molecule has 1 amide bonds. The lowest BCUT2D eigenvalue weighted by molar-refractivity contribution is -0.192. The zero-order valence-electron chi connectivity index (χ0n) is 21.6. The van der Waals surface area contributed by atoms with Crippen LogP contribution in [0.5, 0.6) is 0 Å². The van der Waals surface area contributed by atoms with E-state index in [0.29, 0.717) is 29.7 Å². The number of alkyl halides is 3. The van der Waals surface area contributed by atoms with E-state index in [0.717, 1.165) is 22.3 Å². The van der Waals surface area contributed by atoms with E-state index in [2.05, 4.69) is 5.32 Å². The second-order valence-corrected chi connectivity index (χ2v) is 8.98. The number of rotatable bonds is 7. The van der Waals surface area contributed by atoms with E-state index in [-0.39, 0.29) is 17.6 Å². The molecule has 0 radical (unpaired) electrons. The summed E-state index contributed by atoms with van der Waals surface area (Å²) in [7, 11) is 3.95. The summed E-state index contributed by atoms with van der Waals surface area (Å²) in [6.45, 7) is 0.763. The first-order chi connectivity index (χ1) is 18.8. The highest BCUT2D eigenvalue weighted by molar-refractivity contribution is 5.99. The highest BCUT2D eigenvalue weighted by Crippen LogP contribution is 2.23. The van der Waals surface area contributed by atoms with Crippen LogP contribution in [-0.2, 0) is 17.9 Å². The highest BCUT2D eigenvalue weighted by atomic mass is 19.4. The van der Waals surface area contributed by atoms with E-state index in [1.54, 1.807) is 18.2 Å². The molecule has 3 aromatic carbocycles. The Morgan fingerprint density at radius 1 is 1.00 bits per heavy atom. The Balaban J connectivity index is 0.000000559. The molecule has 0 atom stereocenters. The molecule has 0 aliphatic rings. The summed E-state index contributed by atoms with van der Waals surface area (Å²) < 4.78 is 47.5. The molecule has 0 saturated heterocycles. The lowest BCUT2D eigenvalue weighted by Gasteiger charge is -2.14. The fourth-order valence-corrected chi connectivity index (χ4v) is 3.80. The van der Waals surface area contributed by atoms with E-state index in [4.69, 9.17) is 21.0 Å². The molecule has 8 nitrogen and oxygen atoms in total. The quantitative estimate of drug-likeness (QED) is 0.148. The SMILES string of the molecule is CN(C)c1ccc(CNC(=O)c2cc3cc(F)ccc3n2Cc2cccc(C(=N)N)c2)cc1.O=C(O)C(F)(F)F. The standard InChI is InChI=1S/C26H26FN5O.C2HF3O2/c1-31(2)22-9-6-17(7-10-22)15-30-26(33)24-14-20-13-21(27)8-11-23(20)32(24)16-18-4-3-5-19(12-18)25(28)29;3-2(4,5)1(6)7/h3-14H,15-16H2,1-2H3,(H3,28,29)(H,30,33);(H,6,7). The van der Waals surface area contributed by atoms with Gasteiger partial charge in [0.15, 0.2) is 0 Å². The van der Waals surface area contributed by atoms with Crippen LogP contribution in [0.2, 0.25) is 0 Å².